The normalized spacial score (nSPS) is 15.3. The van der Waals surface area contributed by atoms with Crippen LogP contribution in [-0.2, 0) is 6.42 Å². The fourth-order valence-electron chi connectivity index (χ4n) is 1.97. The molecule has 1 aliphatic heterocycles. The maximum Gasteiger partial charge on any atom is 0.273 e. The van der Waals surface area contributed by atoms with Crippen molar-refractivity contribution < 1.29 is 14.8 Å². The summed E-state index contributed by atoms with van der Waals surface area (Å²) in [5.74, 6) is -0.272. The molecule has 6 nitrogen and oxygen atoms in total. The molecule has 0 bridgehead atoms. The summed E-state index contributed by atoms with van der Waals surface area (Å²) >= 11 is 0. The molecule has 1 aromatic rings. The molecule has 0 aliphatic carbocycles. The third-order valence-corrected chi connectivity index (χ3v) is 3.06. The van der Waals surface area contributed by atoms with Crippen molar-refractivity contribution in [2.45, 2.75) is 19.4 Å². The molecule has 1 amide bonds. The van der Waals surface area contributed by atoms with Gasteiger partial charge in [0.2, 0.25) is 0 Å². The molecule has 1 fully saturated rings. The van der Waals surface area contributed by atoms with E-state index in [4.69, 9.17) is 5.11 Å². The summed E-state index contributed by atoms with van der Waals surface area (Å²) in [5.41, 5.74) is 0.885. The molecule has 0 atom stereocenters. The van der Waals surface area contributed by atoms with E-state index in [-0.39, 0.29) is 11.6 Å². The van der Waals surface area contributed by atoms with Crippen LogP contribution in [0.5, 0.6) is 0 Å². The number of nitro groups is 1. The summed E-state index contributed by atoms with van der Waals surface area (Å²) in [6.45, 7) is 2.42. The maximum absolute atomic E-state index is 11.9. The first-order chi connectivity index (χ1) is 8.52. The van der Waals surface area contributed by atoms with Gasteiger partial charge in [-0.25, -0.2) is 0 Å². The number of aliphatic hydroxyl groups is 1. The number of nitro benzene ring substituents is 1. The van der Waals surface area contributed by atoms with Gasteiger partial charge in [-0.1, -0.05) is 13.0 Å². The summed E-state index contributed by atoms with van der Waals surface area (Å²) in [4.78, 5) is 23.8. The van der Waals surface area contributed by atoms with E-state index in [1.54, 1.807) is 12.1 Å². The first-order valence-electron chi connectivity index (χ1n) is 5.77. The van der Waals surface area contributed by atoms with E-state index in [1.807, 2.05) is 6.92 Å². The standard InChI is InChI=1S/C12H14N2O4/c1-2-8-3-4-9(5-11(8)14(17)18)12(16)13-6-10(15)7-13/h3-5,10,15H,2,6-7H2,1H3. The highest BCUT2D eigenvalue weighted by Gasteiger charge is 2.30. The number of rotatable bonds is 3. The SMILES string of the molecule is CCc1ccc(C(=O)N2CC(O)C2)cc1[N+](=O)[O-]. The minimum absolute atomic E-state index is 0.0237. The van der Waals surface area contributed by atoms with Crippen molar-refractivity contribution in [3.63, 3.8) is 0 Å². The van der Waals surface area contributed by atoms with E-state index in [0.717, 1.165) is 0 Å². The van der Waals surface area contributed by atoms with Crippen LogP contribution in [0.1, 0.15) is 22.8 Å². The van der Waals surface area contributed by atoms with Gasteiger partial charge in [-0.05, 0) is 12.5 Å². The Bertz CT molecular complexity index is 495. The van der Waals surface area contributed by atoms with Crippen molar-refractivity contribution in [3.05, 3.63) is 39.4 Å². The van der Waals surface area contributed by atoms with Crippen LogP contribution < -0.4 is 0 Å². The summed E-state index contributed by atoms with van der Waals surface area (Å²) in [5, 5.41) is 20.0. The topological polar surface area (TPSA) is 83.7 Å². The van der Waals surface area contributed by atoms with E-state index < -0.39 is 11.0 Å². The smallest absolute Gasteiger partial charge is 0.273 e. The van der Waals surface area contributed by atoms with Crippen LogP contribution >= 0.6 is 0 Å². The lowest BCUT2D eigenvalue weighted by Gasteiger charge is -2.35. The predicted molar refractivity (Wildman–Crippen MR) is 64.4 cm³/mol. The molecule has 0 radical (unpaired) electrons. The Morgan fingerprint density at radius 3 is 2.72 bits per heavy atom. The van der Waals surface area contributed by atoms with Crippen LogP contribution in [0.2, 0.25) is 0 Å². The zero-order valence-corrected chi connectivity index (χ0v) is 10.00. The molecule has 1 saturated heterocycles. The van der Waals surface area contributed by atoms with E-state index in [1.165, 1.54) is 11.0 Å². The lowest BCUT2D eigenvalue weighted by molar-refractivity contribution is -0.385. The van der Waals surface area contributed by atoms with Crippen molar-refractivity contribution in [1.29, 1.82) is 0 Å². The zero-order valence-electron chi connectivity index (χ0n) is 10.00. The number of β-amino-alcohol motifs (C(OH)–C–C–N with tert-alkyl or cyclic N) is 1. The molecule has 6 heteroatoms. The van der Waals surface area contributed by atoms with Crippen LogP contribution in [0.25, 0.3) is 0 Å². The Balaban J connectivity index is 2.26. The van der Waals surface area contributed by atoms with Crippen molar-refractivity contribution >= 4 is 11.6 Å². The summed E-state index contributed by atoms with van der Waals surface area (Å²) in [6.07, 6.45) is 0.0755. The first-order valence-corrected chi connectivity index (χ1v) is 5.77. The second-order valence-electron chi connectivity index (χ2n) is 4.32. The molecule has 18 heavy (non-hydrogen) atoms. The maximum atomic E-state index is 11.9. The Hall–Kier alpha value is -1.95. The summed E-state index contributed by atoms with van der Waals surface area (Å²) in [6, 6.07) is 4.52. The van der Waals surface area contributed by atoms with Crippen molar-refractivity contribution in [1.82, 2.24) is 4.90 Å². The van der Waals surface area contributed by atoms with Crippen LogP contribution in [0.4, 0.5) is 5.69 Å². The third kappa shape index (κ3) is 2.19. The second-order valence-corrected chi connectivity index (χ2v) is 4.32. The molecule has 2 rings (SSSR count). The van der Waals surface area contributed by atoms with Gasteiger partial charge in [0.15, 0.2) is 0 Å². The van der Waals surface area contributed by atoms with E-state index in [2.05, 4.69) is 0 Å². The van der Waals surface area contributed by atoms with Crippen LogP contribution in [0.3, 0.4) is 0 Å². The number of carbonyl (C=O) groups is 1. The highest BCUT2D eigenvalue weighted by atomic mass is 16.6. The summed E-state index contributed by atoms with van der Waals surface area (Å²) in [7, 11) is 0. The molecule has 1 N–H and O–H groups in total. The van der Waals surface area contributed by atoms with E-state index in [9.17, 15) is 14.9 Å². The highest BCUT2D eigenvalue weighted by Crippen LogP contribution is 2.23. The molecule has 1 aliphatic rings. The lowest BCUT2D eigenvalue weighted by Crippen LogP contribution is -2.53. The molecule has 0 unspecified atom stereocenters. The van der Waals surface area contributed by atoms with Gasteiger partial charge < -0.3 is 10.0 Å². The van der Waals surface area contributed by atoms with Gasteiger partial charge in [0.1, 0.15) is 0 Å². The molecular formula is C12H14N2O4. The van der Waals surface area contributed by atoms with Crippen LogP contribution in [-0.4, -0.2) is 40.0 Å². The van der Waals surface area contributed by atoms with Gasteiger partial charge in [0, 0.05) is 30.3 Å². The third-order valence-electron chi connectivity index (χ3n) is 3.06. The van der Waals surface area contributed by atoms with Crippen LogP contribution in [0.15, 0.2) is 18.2 Å². The summed E-state index contributed by atoms with van der Waals surface area (Å²) < 4.78 is 0. The quantitative estimate of drug-likeness (QED) is 0.640. The highest BCUT2D eigenvalue weighted by molar-refractivity contribution is 5.95. The van der Waals surface area contributed by atoms with Gasteiger partial charge in [0.05, 0.1) is 11.0 Å². The average molecular weight is 250 g/mol. The minimum Gasteiger partial charge on any atom is -0.389 e. The zero-order chi connectivity index (χ0) is 13.3. The number of likely N-dealkylation sites (tertiary alicyclic amines) is 1. The number of aryl methyl sites for hydroxylation is 1. The number of carbonyl (C=O) groups excluding carboxylic acids is 1. The molecule has 1 heterocycles. The van der Waals surface area contributed by atoms with Gasteiger partial charge in [-0.2, -0.15) is 0 Å². The van der Waals surface area contributed by atoms with Crippen molar-refractivity contribution in [2.75, 3.05) is 13.1 Å². The Kier molecular flexibility index (Phi) is 3.29. The number of benzene rings is 1. The Morgan fingerprint density at radius 1 is 1.56 bits per heavy atom. The molecule has 0 saturated carbocycles. The van der Waals surface area contributed by atoms with Gasteiger partial charge in [-0.15, -0.1) is 0 Å². The van der Waals surface area contributed by atoms with Crippen molar-refractivity contribution in [3.8, 4) is 0 Å². The number of nitrogens with zero attached hydrogens (tertiary/aromatic N) is 2. The van der Waals surface area contributed by atoms with Gasteiger partial charge in [0.25, 0.3) is 11.6 Å². The molecule has 1 aromatic carbocycles. The second kappa shape index (κ2) is 4.73. The first kappa shape index (κ1) is 12.5. The lowest BCUT2D eigenvalue weighted by atomic mass is 10.0. The molecule has 0 spiro atoms. The molecule has 96 valence electrons. The molecule has 0 aromatic heterocycles. The predicted octanol–water partition coefficient (Wildman–Crippen LogP) is 0.974. The monoisotopic (exact) mass is 250 g/mol. The minimum atomic E-state index is -0.473. The van der Waals surface area contributed by atoms with E-state index in [0.29, 0.717) is 30.6 Å². The number of aliphatic hydroxyl groups excluding tert-OH is 1. The largest absolute Gasteiger partial charge is 0.389 e. The van der Waals surface area contributed by atoms with Crippen LogP contribution in [0, 0.1) is 10.1 Å². The fourth-order valence-corrected chi connectivity index (χ4v) is 1.97. The van der Waals surface area contributed by atoms with Gasteiger partial charge >= 0.3 is 0 Å². The number of hydrogen-bond acceptors (Lipinski definition) is 4. The average Bonchev–Trinajstić information content (AvgIpc) is 2.33. The van der Waals surface area contributed by atoms with Gasteiger partial charge in [-0.3, -0.25) is 14.9 Å². The Morgan fingerprint density at radius 2 is 2.22 bits per heavy atom. The Labute approximate surface area is 104 Å². The molecular weight excluding hydrogens is 236 g/mol. The number of amides is 1. The van der Waals surface area contributed by atoms with Crippen molar-refractivity contribution in [2.24, 2.45) is 0 Å². The fraction of sp³-hybridized carbons (Fsp3) is 0.417. The van der Waals surface area contributed by atoms with E-state index >= 15 is 0 Å². The number of hydrogen-bond donors (Lipinski definition) is 1.